The number of nitrogens with one attached hydrogen (secondary N) is 1. The number of hydrogen-bond acceptors (Lipinski definition) is 3. The number of rotatable bonds is 5. The van der Waals surface area contributed by atoms with Crippen LogP contribution in [0.1, 0.15) is 51.1 Å². The van der Waals surface area contributed by atoms with Crippen molar-refractivity contribution in [3.8, 4) is 11.5 Å². The smallest absolute Gasteiger partial charge is 0.161 e. The molecular formula is C18H29NO2. The zero-order valence-corrected chi connectivity index (χ0v) is 14.0. The molecule has 1 saturated carbocycles. The first-order valence-electron chi connectivity index (χ1n) is 7.92. The second-order valence-electron chi connectivity index (χ2n) is 6.72. The molecule has 0 spiro atoms. The average molecular weight is 291 g/mol. The van der Waals surface area contributed by atoms with Crippen LogP contribution in [-0.4, -0.2) is 21.3 Å². The van der Waals surface area contributed by atoms with Crippen LogP contribution in [0.15, 0.2) is 18.2 Å². The van der Waals surface area contributed by atoms with Crippen LogP contribution in [0, 0.1) is 11.3 Å². The molecule has 0 radical (unpaired) electrons. The Morgan fingerprint density at radius 2 is 1.86 bits per heavy atom. The van der Waals surface area contributed by atoms with Crippen molar-refractivity contribution >= 4 is 0 Å². The van der Waals surface area contributed by atoms with Gasteiger partial charge in [-0.15, -0.1) is 0 Å². The quantitative estimate of drug-likeness (QED) is 0.882. The van der Waals surface area contributed by atoms with Crippen molar-refractivity contribution in [1.82, 2.24) is 5.32 Å². The second kappa shape index (κ2) is 6.69. The van der Waals surface area contributed by atoms with E-state index in [2.05, 4.69) is 38.3 Å². The maximum absolute atomic E-state index is 5.46. The number of benzene rings is 1. The summed E-state index contributed by atoms with van der Waals surface area (Å²) in [6.45, 7) is 4.81. The van der Waals surface area contributed by atoms with Crippen molar-refractivity contribution in [2.75, 3.05) is 21.3 Å². The highest BCUT2D eigenvalue weighted by atomic mass is 16.5. The lowest BCUT2D eigenvalue weighted by molar-refractivity contribution is 0.101. The van der Waals surface area contributed by atoms with Crippen molar-refractivity contribution in [1.29, 1.82) is 0 Å². The third-order valence-electron chi connectivity index (χ3n) is 5.07. The fourth-order valence-electron chi connectivity index (χ4n) is 3.79. The molecule has 2 rings (SSSR count). The van der Waals surface area contributed by atoms with Gasteiger partial charge in [0.15, 0.2) is 11.5 Å². The molecule has 21 heavy (non-hydrogen) atoms. The fourth-order valence-corrected chi connectivity index (χ4v) is 3.79. The van der Waals surface area contributed by atoms with Gasteiger partial charge in [-0.25, -0.2) is 0 Å². The van der Waals surface area contributed by atoms with Gasteiger partial charge in [0.05, 0.1) is 14.2 Å². The summed E-state index contributed by atoms with van der Waals surface area (Å²) in [5, 5.41) is 3.54. The summed E-state index contributed by atoms with van der Waals surface area (Å²) in [4.78, 5) is 0. The molecule has 118 valence electrons. The van der Waals surface area contributed by atoms with Crippen molar-refractivity contribution in [2.24, 2.45) is 11.3 Å². The normalized spacial score (nSPS) is 22.6. The van der Waals surface area contributed by atoms with Crippen LogP contribution in [0.5, 0.6) is 11.5 Å². The van der Waals surface area contributed by atoms with E-state index in [1.54, 1.807) is 14.2 Å². The number of methoxy groups -OCH3 is 2. The second-order valence-corrected chi connectivity index (χ2v) is 6.72. The van der Waals surface area contributed by atoms with E-state index in [-0.39, 0.29) is 0 Å². The van der Waals surface area contributed by atoms with Crippen LogP contribution in [0.4, 0.5) is 0 Å². The summed E-state index contributed by atoms with van der Waals surface area (Å²) in [5.74, 6) is 2.25. The maximum Gasteiger partial charge on any atom is 0.161 e. The van der Waals surface area contributed by atoms with E-state index in [1.807, 2.05) is 6.07 Å². The first kappa shape index (κ1) is 16.2. The van der Waals surface area contributed by atoms with Gasteiger partial charge < -0.3 is 14.8 Å². The van der Waals surface area contributed by atoms with Crippen molar-refractivity contribution in [3.63, 3.8) is 0 Å². The van der Waals surface area contributed by atoms with Gasteiger partial charge >= 0.3 is 0 Å². The minimum absolute atomic E-state index is 0.361. The molecule has 1 aromatic rings. The molecule has 3 nitrogen and oxygen atoms in total. The first-order valence-corrected chi connectivity index (χ1v) is 7.92. The number of hydrogen-bond donors (Lipinski definition) is 1. The largest absolute Gasteiger partial charge is 0.493 e. The third-order valence-corrected chi connectivity index (χ3v) is 5.07. The molecular weight excluding hydrogens is 262 g/mol. The Morgan fingerprint density at radius 1 is 1.14 bits per heavy atom. The highest BCUT2D eigenvalue weighted by Gasteiger charge is 2.37. The fraction of sp³-hybridized carbons (Fsp3) is 0.667. The monoisotopic (exact) mass is 291 g/mol. The molecule has 1 fully saturated rings. The van der Waals surface area contributed by atoms with Gasteiger partial charge in [0.25, 0.3) is 0 Å². The van der Waals surface area contributed by atoms with Crippen LogP contribution >= 0.6 is 0 Å². The van der Waals surface area contributed by atoms with E-state index in [0.29, 0.717) is 17.4 Å². The zero-order chi connectivity index (χ0) is 15.5. The molecule has 0 saturated heterocycles. The molecule has 1 aliphatic rings. The highest BCUT2D eigenvalue weighted by molar-refractivity contribution is 5.44. The minimum Gasteiger partial charge on any atom is -0.493 e. The number of ether oxygens (including phenoxy) is 2. The lowest BCUT2D eigenvalue weighted by atomic mass is 9.65. The Labute approximate surface area is 129 Å². The summed E-state index contributed by atoms with van der Waals surface area (Å²) < 4.78 is 10.8. The van der Waals surface area contributed by atoms with Crippen LogP contribution in [0.25, 0.3) is 0 Å². The van der Waals surface area contributed by atoms with Gasteiger partial charge in [0, 0.05) is 6.04 Å². The van der Waals surface area contributed by atoms with Gasteiger partial charge in [-0.1, -0.05) is 32.8 Å². The topological polar surface area (TPSA) is 30.5 Å². The molecule has 0 aromatic heterocycles. The zero-order valence-electron chi connectivity index (χ0n) is 14.0. The SMILES string of the molecule is CNC(c1ccc(OC)c(OC)c1)C1CCCCC1(C)C. The summed E-state index contributed by atoms with van der Waals surface area (Å²) >= 11 is 0. The van der Waals surface area contributed by atoms with Crippen molar-refractivity contribution in [2.45, 2.75) is 45.6 Å². The Kier molecular flexibility index (Phi) is 5.15. The van der Waals surface area contributed by atoms with Gasteiger partial charge in [-0.3, -0.25) is 0 Å². The molecule has 3 heteroatoms. The van der Waals surface area contributed by atoms with E-state index in [0.717, 1.165) is 11.5 Å². The van der Waals surface area contributed by atoms with Gasteiger partial charge in [0.2, 0.25) is 0 Å². The summed E-state index contributed by atoms with van der Waals surface area (Å²) in [7, 11) is 5.43. The predicted octanol–water partition coefficient (Wildman–Crippen LogP) is 4.18. The van der Waals surface area contributed by atoms with E-state index in [1.165, 1.54) is 31.2 Å². The van der Waals surface area contributed by atoms with E-state index >= 15 is 0 Å². The Morgan fingerprint density at radius 3 is 2.43 bits per heavy atom. The Hall–Kier alpha value is -1.22. The predicted molar refractivity (Wildman–Crippen MR) is 87.1 cm³/mol. The average Bonchev–Trinajstić information content (AvgIpc) is 2.49. The molecule has 1 N–H and O–H groups in total. The van der Waals surface area contributed by atoms with Crippen molar-refractivity contribution < 1.29 is 9.47 Å². The third kappa shape index (κ3) is 3.34. The van der Waals surface area contributed by atoms with Gasteiger partial charge in [-0.2, -0.15) is 0 Å². The van der Waals surface area contributed by atoms with Crippen LogP contribution in [0.2, 0.25) is 0 Å². The summed E-state index contributed by atoms with van der Waals surface area (Å²) in [6.07, 6.45) is 5.28. The lowest BCUT2D eigenvalue weighted by Gasteiger charge is -2.43. The standard InChI is InChI=1S/C18H29NO2/c1-18(2)11-7-6-8-14(18)17(19-3)13-9-10-15(20-4)16(12-13)21-5/h9-10,12,14,17,19H,6-8,11H2,1-5H3. The van der Waals surface area contributed by atoms with Crippen LogP contribution in [0.3, 0.4) is 0 Å². The van der Waals surface area contributed by atoms with Crippen LogP contribution < -0.4 is 14.8 Å². The van der Waals surface area contributed by atoms with E-state index < -0.39 is 0 Å². The van der Waals surface area contributed by atoms with Gasteiger partial charge in [0.1, 0.15) is 0 Å². The molecule has 0 heterocycles. The van der Waals surface area contributed by atoms with Gasteiger partial charge in [-0.05, 0) is 48.9 Å². The maximum atomic E-state index is 5.46. The molecule has 0 bridgehead atoms. The van der Waals surface area contributed by atoms with Crippen LogP contribution in [-0.2, 0) is 0 Å². The molecule has 2 unspecified atom stereocenters. The summed E-state index contributed by atoms with van der Waals surface area (Å²) in [6, 6.07) is 6.65. The highest BCUT2D eigenvalue weighted by Crippen LogP contribution is 2.47. The first-order chi connectivity index (χ1) is 10.0. The van der Waals surface area contributed by atoms with E-state index in [4.69, 9.17) is 9.47 Å². The summed E-state index contributed by atoms with van der Waals surface area (Å²) in [5.41, 5.74) is 1.66. The molecule has 1 aromatic carbocycles. The molecule has 1 aliphatic carbocycles. The van der Waals surface area contributed by atoms with Crippen molar-refractivity contribution in [3.05, 3.63) is 23.8 Å². The minimum atomic E-state index is 0.361. The molecule has 0 amide bonds. The molecule has 0 aliphatic heterocycles. The Bertz CT molecular complexity index is 470. The van der Waals surface area contributed by atoms with E-state index in [9.17, 15) is 0 Å². The lowest BCUT2D eigenvalue weighted by Crippen LogP contribution is -2.37. The Balaban J connectivity index is 2.32. The molecule has 2 atom stereocenters.